The molecule has 2 aromatic rings. The van der Waals surface area contributed by atoms with Crippen LogP contribution in [0.5, 0.6) is 0 Å². The first-order valence-corrected chi connectivity index (χ1v) is 8.56. The van der Waals surface area contributed by atoms with E-state index in [2.05, 4.69) is 0 Å². The predicted molar refractivity (Wildman–Crippen MR) is 85.5 cm³/mol. The minimum Gasteiger partial charge on any atom is -0.207 e. The monoisotopic (exact) mass is 314 g/mol. The number of nitrogens with zero attached hydrogens (tertiary/aromatic N) is 2. The highest BCUT2D eigenvalue weighted by Crippen LogP contribution is 2.21. The fraction of sp³-hybridized carbons (Fsp3) is 0.235. The lowest BCUT2D eigenvalue weighted by molar-refractivity contribution is 0.405. The van der Waals surface area contributed by atoms with Gasteiger partial charge in [-0.2, -0.15) is 9.57 Å². The lowest BCUT2D eigenvalue weighted by Crippen LogP contribution is -2.31. The van der Waals surface area contributed by atoms with Gasteiger partial charge in [0.25, 0.3) is 0 Å². The minimum atomic E-state index is -3.69. The molecule has 0 aliphatic rings. The topological polar surface area (TPSA) is 61.2 Å². The molecule has 2 aromatic carbocycles. The summed E-state index contributed by atoms with van der Waals surface area (Å²) in [6, 6.07) is 17.7. The molecular formula is C17H18N2O2S. The Bertz CT molecular complexity index is 765. The van der Waals surface area contributed by atoms with Crippen molar-refractivity contribution in [3.63, 3.8) is 0 Å². The van der Waals surface area contributed by atoms with E-state index in [0.29, 0.717) is 19.5 Å². The van der Waals surface area contributed by atoms with Crippen LogP contribution in [0.25, 0.3) is 0 Å². The van der Waals surface area contributed by atoms with Crippen molar-refractivity contribution in [2.24, 2.45) is 0 Å². The summed E-state index contributed by atoms with van der Waals surface area (Å²) < 4.78 is 27.2. The number of benzene rings is 2. The second-order valence-electron chi connectivity index (χ2n) is 4.93. The van der Waals surface area contributed by atoms with Crippen LogP contribution in [-0.2, 0) is 16.6 Å². The number of hydrogen-bond acceptors (Lipinski definition) is 3. The smallest absolute Gasteiger partial charge is 0.207 e. The third-order valence-electron chi connectivity index (χ3n) is 3.30. The van der Waals surface area contributed by atoms with Gasteiger partial charge in [-0.1, -0.05) is 49.4 Å². The molecule has 0 fully saturated rings. The van der Waals surface area contributed by atoms with E-state index in [9.17, 15) is 8.42 Å². The van der Waals surface area contributed by atoms with Crippen LogP contribution in [0.3, 0.4) is 0 Å². The zero-order valence-electron chi connectivity index (χ0n) is 12.4. The van der Waals surface area contributed by atoms with Gasteiger partial charge >= 0.3 is 0 Å². The molecule has 2 rings (SSSR count). The van der Waals surface area contributed by atoms with Crippen LogP contribution >= 0.6 is 0 Å². The van der Waals surface area contributed by atoms with Crippen molar-refractivity contribution in [3.05, 3.63) is 65.7 Å². The number of hydrogen-bond donors (Lipinski definition) is 0. The van der Waals surface area contributed by atoms with Crippen LogP contribution in [-0.4, -0.2) is 19.3 Å². The van der Waals surface area contributed by atoms with Crippen LogP contribution < -0.4 is 0 Å². The van der Waals surface area contributed by atoms with E-state index >= 15 is 0 Å². The third-order valence-corrected chi connectivity index (χ3v) is 5.20. The Morgan fingerprint density at radius 2 is 1.68 bits per heavy atom. The van der Waals surface area contributed by atoms with Crippen molar-refractivity contribution in [2.45, 2.75) is 24.8 Å². The Morgan fingerprint density at radius 1 is 1.05 bits per heavy atom. The molecule has 22 heavy (non-hydrogen) atoms. The van der Waals surface area contributed by atoms with Gasteiger partial charge in [0.05, 0.1) is 10.5 Å². The zero-order chi connectivity index (χ0) is 16.0. The van der Waals surface area contributed by atoms with Gasteiger partial charge in [-0.05, 0) is 24.1 Å². The van der Waals surface area contributed by atoms with Crippen LogP contribution in [0.4, 0.5) is 0 Å². The first kappa shape index (κ1) is 16.2. The van der Waals surface area contributed by atoms with Crippen molar-refractivity contribution >= 4 is 10.0 Å². The molecule has 0 saturated carbocycles. The molecule has 114 valence electrons. The molecular weight excluding hydrogens is 296 g/mol. The fourth-order valence-corrected chi connectivity index (χ4v) is 3.91. The van der Waals surface area contributed by atoms with Gasteiger partial charge in [-0.25, -0.2) is 8.42 Å². The summed E-state index contributed by atoms with van der Waals surface area (Å²) in [4.78, 5) is 0.0712. The second-order valence-corrected chi connectivity index (χ2v) is 6.84. The molecule has 0 radical (unpaired) electrons. The highest BCUT2D eigenvalue weighted by atomic mass is 32.2. The van der Waals surface area contributed by atoms with E-state index in [4.69, 9.17) is 5.26 Å². The Labute approximate surface area is 131 Å². The molecule has 0 N–H and O–H groups in total. The maximum Gasteiger partial charge on any atom is 0.244 e. The lowest BCUT2D eigenvalue weighted by atomic mass is 10.2. The summed E-state index contributed by atoms with van der Waals surface area (Å²) in [6.07, 6.45) is 0.709. The lowest BCUT2D eigenvalue weighted by Gasteiger charge is -2.22. The quantitative estimate of drug-likeness (QED) is 0.823. The molecule has 0 aliphatic heterocycles. The van der Waals surface area contributed by atoms with Crippen LogP contribution in [0.1, 0.15) is 24.5 Å². The van der Waals surface area contributed by atoms with Gasteiger partial charge in [0.1, 0.15) is 6.07 Å². The molecule has 0 aromatic heterocycles. The van der Waals surface area contributed by atoms with Crippen molar-refractivity contribution in [1.82, 2.24) is 4.31 Å². The highest BCUT2D eigenvalue weighted by molar-refractivity contribution is 7.89. The van der Waals surface area contributed by atoms with E-state index in [1.807, 2.05) is 43.3 Å². The number of nitriles is 1. The summed E-state index contributed by atoms with van der Waals surface area (Å²) in [7, 11) is -3.69. The third kappa shape index (κ3) is 3.53. The summed E-state index contributed by atoms with van der Waals surface area (Å²) in [6.45, 7) is 2.65. The maximum absolute atomic E-state index is 12.9. The Hall–Kier alpha value is -2.16. The van der Waals surface area contributed by atoms with Crippen molar-refractivity contribution in [3.8, 4) is 6.07 Å². The van der Waals surface area contributed by atoms with E-state index < -0.39 is 10.0 Å². The van der Waals surface area contributed by atoms with E-state index in [1.54, 1.807) is 12.1 Å². The van der Waals surface area contributed by atoms with Crippen LogP contribution in [0.15, 0.2) is 59.5 Å². The van der Waals surface area contributed by atoms with Gasteiger partial charge in [0.15, 0.2) is 0 Å². The Kier molecular flexibility index (Phi) is 5.31. The predicted octanol–water partition coefficient (Wildman–Crippen LogP) is 3.16. The van der Waals surface area contributed by atoms with Gasteiger partial charge < -0.3 is 0 Å². The summed E-state index contributed by atoms with van der Waals surface area (Å²) >= 11 is 0. The van der Waals surface area contributed by atoms with E-state index in [-0.39, 0.29) is 10.5 Å². The summed E-state index contributed by atoms with van der Waals surface area (Å²) in [5.74, 6) is 0. The fourth-order valence-electron chi connectivity index (χ4n) is 2.24. The standard InChI is InChI=1S/C17H18N2O2S/c1-2-12-19(14-15-8-4-3-5-9-15)22(20,21)17-11-7-6-10-16(17)13-18/h3-11H,2,12,14H2,1H3. The second kappa shape index (κ2) is 7.21. The summed E-state index contributed by atoms with van der Waals surface area (Å²) in [5.41, 5.74) is 1.10. The molecule has 0 unspecified atom stereocenters. The minimum absolute atomic E-state index is 0.0712. The first-order chi connectivity index (χ1) is 10.6. The molecule has 4 nitrogen and oxygen atoms in total. The first-order valence-electron chi connectivity index (χ1n) is 7.12. The number of sulfonamides is 1. The zero-order valence-corrected chi connectivity index (χ0v) is 13.3. The molecule has 0 atom stereocenters. The number of rotatable bonds is 6. The Balaban J connectivity index is 2.40. The van der Waals surface area contributed by atoms with Gasteiger partial charge in [-0.15, -0.1) is 0 Å². The summed E-state index contributed by atoms with van der Waals surface area (Å²) in [5, 5.41) is 9.15. The molecule has 0 saturated heterocycles. The van der Waals surface area contributed by atoms with Crippen LogP contribution in [0.2, 0.25) is 0 Å². The van der Waals surface area contributed by atoms with Crippen molar-refractivity contribution < 1.29 is 8.42 Å². The average Bonchev–Trinajstić information content (AvgIpc) is 2.55. The highest BCUT2D eigenvalue weighted by Gasteiger charge is 2.26. The van der Waals surface area contributed by atoms with Gasteiger partial charge in [0.2, 0.25) is 10.0 Å². The molecule has 0 spiro atoms. The van der Waals surface area contributed by atoms with Crippen LogP contribution in [0, 0.1) is 11.3 Å². The molecule has 0 bridgehead atoms. The average molecular weight is 314 g/mol. The van der Waals surface area contributed by atoms with E-state index in [1.165, 1.54) is 16.4 Å². The van der Waals surface area contributed by atoms with E-state index in [0.717, 1.165) is 5.56 Å². The maximum atomic E-state index is 12.9. The molecule has 0 amide bonds. The van der Waals surface area contributed by atoms with Crippen molar-refractivity contribution in [2.75, 3.05) is 6.54 Å². The molecule has 0 aliphatic carbocycles. The largest absolute Gasteiger partial charge is 0.244 e. The van der Waals surface area contributed by atoms with Crippen molar-refractivity contribution in [1.29, 1.82) is 5.26 Å². The molecule has 5 heteroatoms. The molecule has 0 heterocycles. The normalized spacial score (nSPS) is 11.3. The van der Waals surface area contributed by atoms with Gasteiger partial charge in [0, 0.05) is 13.1 Å². The van der Waals surface area contributed by atoms with Gasteiger partial charge in [-0.3, -0.25) is 0 Å². The Morgan fingerprint density at radius 3 is 2.32 bits per heavy atom. The SMILES string of the molecule is CCCN(Cc1ccccc1)S(=O)(=O)c1ccccc1C#N.